The van der Waals surface area contributed by atoms with Gasteiger partial charge in [-0.3, -0.25) is 4.79 Å². The Morgan fingerprint density at radius 1 is 1.28 bits per heavy atom. The molecule has 7 nitrogen and oxygen atoms in total. The average molecular weight is 461 g/mol. The highest BCUT2D eigenvalue weighted by Gasteiger charge is 2.42. The van der Waals surface area contributed by atoms with Gasteiger partial charge < -0.3 is 10.2 Å². The molecule has 3 aromatic rings. The largest absolute Gasteiger partial charge is 0.453 e. The van der Waals surface area contributed by atoms with Crippen LogP contribution >= 0.6 is 0 Å². The predicted octanol–water partition coefficient (Wildman–Crippen LogP) is 3.25. The van der Waals surface area contributed by atoms with Crippen LogP contribution in [0, 0.1) is 18.6 Å². The van der Waals surface area contributed by atoms with Gasteiger partial charge in [0, 0.05) is 30.0 Å². The number of rotatable bonds is 4. The van der Waals surface area contributed by atoms with Crippen LogP contribution in [0.3, 0.4) is 0 Å². The maximum Gasteiger partial charge on any atom is 0.239 e. The van der Waals surface area contributed by atoms with Crippen molar-refractivity contribution >= 4 is 32.7 Å². The van der Waals surface area contributed by atoms with Gasteiger partial charge in [-0.1, -0.05) is 18.2 Å². The molecule has 0 fully saturated rings. The second-order valence-corrected chi connectivity index (χ2v) is 10.1. The molecule has 0 bridgehead atoms. The van der Waals surface area contributed by atoms with Gasteiger partial charge in [0.25, 0.3) is 0 Å². The Morgan fingerprint density at radius 3 is 2.62 bits per heavy atom. The molecule has 0 unspecified atom stereocenters. The number of Topliss-reactive ketones (excluding diaryl/α,β-unsaturated/α-hetero) is 1. The highest BCUT2D eigenvalue weighted by atomic mass is 32.2. The van der Waals surface area contributed by atoms with E-state index in [4.69, 9.17) is 10.2 Å². The van der Waals surface area contributed by atoms with Gasteiger partial charge in [-0.05, 0) is 37.6 Å². The molecule has 1 atom stereocenters. The van der Waals surface area contributed by atoms with E-state index in [-0.39, 0.29) is 29.3 Å². The highest BCUT2D eigenvalue weighted by molar-refractivity contribution is 7.89. The lowest BCUT2D eigenvalue weighted by atomic mass is 9.91. The van der Waals surface area contributed by atoms with Crippen LogP contribution in [-0.4, -0.2) is 37.3 Å². The number of fused-ring (bicyclic) bond motifs is 1. The lowest BCUT2D eigenvalue weighted by Gasteiger charge is -2.34. The molecule has 0 amide bonds. The summed E-state index contributed by atoms with van der Waals surface area (Å²) in [6, 6.07) is 9.33. The Balaban J connectivity index is 1.75. The van der Waals surface area contributed by atoms with Crippen molar-refractivity contribution in [2.24, 2.45) is 10.7 Å². The summed E-state index contributed by atoms with van der Waals surface area (Å²) in [5, 5.41) is 0.788. The number of furan rings is 1. The smallest absolute Gasteiger partial charge is 0.239 e. The third-order valence-electron chi connectivity index (χ3n) is 5.69. The number of aryl methyl sites for hydroxylation is 1. The third-order valence-corrected chi connectivity index (χ3v) is 7.64. The highest BCUT2D eigenvalue weighted by Crippen LogP contribution is 2.35. The van der Waals surface area contributed by atoms with Crippen LogP contribution in [0.25, 0.3) is 11.0 Å². The number of nitrogens with two attached hydrogens (primary N) is 1. The molecular weight excluding hydrogens is 440 g/mol. The molecule has 0 aliphatic carbocycles. The normalized spacial score (nSPS) is 20.4. The van der Waals surface area contributed by atoms with Crippen molar-refractivity contribution in [3.8, 4) is 0 Å². The molecule has 2 aromatic carbocycles. The molecule has 10 heteroatoms. The van der Waals surface area contributed by atoms with Crippen molar-refractivity contribution in [1.29, 1.82) is 0 Å². The molecule has 0 spiro atoms. The molecule has 0 radical (unpaired) electrons. The van der Waals surface area contributed by atoms with E-state index in [2.05, 4.69) is 4.99 Å². The van der Waals surface area contributed by atoms with E-state index in [0.29, 0.717) is 11.1 Å². The summed E-state index contributed by atoms with van der Waals surface area (Å²) < 4.78 is 60.6. The lowest BCUT2D eigenvalue weighted by Crippen LogP contribution is -2.50. The fraction of sp³-hybridized carbons (Fsp3) is 0.273. The number of aliphatic imine (C=N–C) groups is 1. The number of carbonyl (C=O) groups is 1. The number of sulfonamides is 1. The molecular formula is C22H21F2N3O4S. The van der Waals surface area contributed by atoms with E-state index in [1.165, 1.54) is 20.0 Å². The maximum absolute atomic E-state index is 14.8. The summed E-state index contributed by atoms with van der Waals surface area (Å²) >= 11 is 0. The first-order chi connectivity index (χ1) is 14.9. The van der Waals surface area contributed by atoms with Gasteiger partial charge in [0.05, 0.1) is 5.75 Å². The van der Waals surface area contributed by atoms with Gasteiger partial charge in [0.2, 0.25) is 21.8 Å². The molecule has 1 aliphatic heterocycles. The van der Waals surface area contributed by atoms with E-state index < -0.39 is 38.7 Å². The van der Waals surface area contributed by atoms with Crippen LogP contribution in [0.15, 0.2) is 45.8 Å². The minimum Gasteiger partial charge on any atom is -0.453 e. The van der Waals surface area contributed by atoms with Gasteiger partial charge in [0.15, 0.2) is 17.4 Å². The van der Waals surface area contributed by atoms with Gasteiger partial charge in [0.1, 0.15) is 11.1 Å². The monoisotopic (exact) mass is 461 g/mol. The Kier molecular flexibility index (Phi) is 5.08. The summed E-state index contributed by atoms with van der Waals surface area (Å²) in [5.74, 6) is -3.67. The summed E-state index contributed by atoms with van der Waals surface area (Å²) in [5.41, 5.74) is 5.13. The van der Waals surface area contributed by atoms with Crippen LogP contribution in [0.4, 0.5) is 8.78 Å². The zero-order valence-electron chi connectivity index (χ0n) is 17.6. The Labute approximate surface area is 183 Å². The summed E-state index contributed by atoms with van der Waals surface area (Å²) in [7, 11) is -2.66. The first-order valence-electron chi connectivity index (χ1n) is 9.74. The molecule has 2 N–H and O–H groups in total. The Hall–Kier alpha value is -3.27. The van der Waals surface area contributed by atoms with E-state index in [9.17, 15) is 22.0 Å². The SMILES string of the molecule is Cc1c(C(=O)Cc2cc(F)c(F)c([C@]3(C)CS(=O)(=O)N(C)C(N)=N3)c2)oc2ccccc12. The fourth-order valence-corrected chi connectivity index (χ4v) is 5.38. The summed E-state index contributed by atoms with van der Waals surface area (Å²) in [6.45, 7) is 3.11. The van der Waals surface area contributed by atoms with Crippen LogP contribution < -0.4 is 5.73 Å². The zero-order chi connectivity index (χ0) is 23.4. The number of guanidine groups is 1. The molecule has 1 aromatic heterocycles. The molecule has 4 rings (SSSR count). The topological polar surface area (TPSA) is 106 Å². The third kappa shape index (κ3) is 3.54. The first-order valence-corrected chi connectivity index (χ1v) is 11.4. The van der Waals surface area contributed by atoms with Crippen molar-refractivity contribution in [3.63, 3.8) is 0 Å². The minimum atomic E-state index is -3.89. The van der Waals surface area contributed by atoms with Crippen molar-refractivity contribution in [3.05, 3.63) is 70.5 Å². The number of carbonyl (C=O) groups excluding carboxylic acids is 1. The second-order valence-electron chi connectivity index (χ2n) is 8.06. The number of ketones is 1. The van der Waals surface area contributed by atoms with E-state index >= 15 is 0 Å². The fourth-order valence-electron chi connectivity index (χ4n) is 3.93. The Bertz CT molecular complexity index is 1400. The lowest BCUT2D eigenvalue weighted by molar-refractivity contribution is 0.0967. The second kappa shape index (κ2) is 7.40. The Morgan fingerprint density at radius 2 is 1.97 bits per heavy atom. The molecule has 0 saturated carbocycles. The van der Waals surface area contributed by atoms with Gasteiger partial charge >= 0.3 is 0 Å². The molecule has 32 heavy (non-hydrogen) atoms. The van der Waals surface area contributed by atoms with Crippen LogP contribution in [0.5, 0.6) is 0 Å². The number of hydrogen-bond donors (Lipinski definition) is 1. The van der Waals surface area contributed by atoms with E-state index in [0.717, 1.165) is 15.8 Å². The van der Waals surface area contributed by atoms with Crippen LogP contribution in [-0.2, 0) is 22.0 Å². The number of hydrogen-bond acceptors (Lipinski definition) is 6. The average Bonchev–Trinajstić information content (AvgIpc) is 3.05. The quantitative estimate of drug-likeness (QED) is 0.601. The molecule has 2 heterocycles. The van der Waals surface area contributed by atoms with Gasteiger partial charge in [-0.25, -0.2) is 26.5 Å². The number of halogens is 2. The van der Waals surface area contributed by atoms with E-state index in [1.807, 2.05) is 12.1 Å². The maximum atomic E-state index is 14.8. The van der Waals surface area contributed by atoms with Crippen LogP contribution in [0.1, 0.15) is 34.2 Å². The zero-order valence-corrected chi connectivity index (χ0v) is 18.5. The standard InChI is InChI=1S/C22H21F2N3O4S/c1-12-14-6-4-5-7-18(14)31-20(12)17(28)10-13-8-15(19(24)16(23)9-13)22(2)11-32(29,30)27(3)21(25)26-22/h4-9H,10-11H2,1-3H3,(H2,25,26)/t22-/m0/s1. The van der Waals surface area contributed by atoms with Gasteiger partial charge in [-0.15, -0.1) is 0 Å². The van der Waals surface area contributed by atoms with Crippen molar-refractivity contribution in [1.82, 2.24) is 4.31 Å². The van der Waals surface area contributed by atoms with Crippen molar-refractivity contribution < 1.29 is 26.4 Å². The molecule has 168 valence electrons. The van der Waals surface area contributed by atoms with E-state index in [1.54, 1.807) is 19.1 Å². The molecule has 1 aliphatic rings. The van der Waals surface area contributed by atoms with Crippen molar-refractivity contribution in [2.75, 3.05) is 12.8 Å². The number of nitrogens with zero attached hydrogens (tertiary/aromatic N) is 2. The van der Waals surface area contributed by atoms with Crippen molar-refractivity contribution in [2.45, 2.75) is 25.8 Å². The minimum absolute atomic E-state index is 0.132. The summed E-state index contributed by atoms with van der Waals surface area (Å²) in [4.78, 5) is 17.0. The first kappa shape index (κ1) is 21.9. The summed E-state index contributed by atoms with van der Waals surface area (Å²) in [6.07, 6.45) is -0.271. The van der Waals surface area contributed by atoms with Gasteiger partial charge in [-0.2, -0.15) is 0 Å². The number of para-hydroxylation sites is 1. The predicted molar refractivity (Wildman–Crippen MR) is 116 cm³/mol. The molecule has 0 saturated heterocycles. The number of benzene rings is 2. The van der Waals surface area contributed by atoms with Crippen LogP contribution in [0.2, 0.25) is 0 Å².